The van der Waals surface area contributed by atoms with Crippen LogP contribution in [-0.2, 0) is 15.3 Å². The molecule has 0 spiro atoms. The molecule has 5 nitrogen and oxygen atoms in total. The van der Waals surface area contributed by atoms with E-state index in [1.807, 2.05) is 12.1 Å². The van der Waals surface area contributed by atoms with Crippen LogP contribution in [0.2, 0.25) is 0 Å². The number of carbonyl (C=O) groups is 1. The van der Waals surface area contributed by atoms with Crippen molar-refractivity contribution in [2.24, 2.45) is 0 Å². The van der Waals surface area contributed by atoms with Crippen LogP contribution in [0.15, 0.2) is 24.3 Å². The molecular formula is C15H22N2O3S. The SMILES string of the molecule is CC(C)(C)c1ccc(C(=O)NN2CCS(=O)(=O)CC2)cc1. The van der Waals surface area contributed by atoms with Crippen LogP contribution in [0.3, 0.4) is 0 Å². The van der Waals surface area contributed by atoms with Gasteiger partial charge in [-0.15, -0.1) is 0 Å². The normalized spacial score (nSPS) is 19.2. The molecule has 0 aromatic heterocycles. The lowest BCUT2D eigenvalue weighted by molar-refractivity contribution is 0.0802. The van der Waals surface area contributed by atoms with Gasteiger partial charge < -0.3 is 0 Å². The third-order valence-corrected chi connectivity index (χ3v) is 5.23. The van der Waals surface area contributed by atoms with Crippen molar-refractivity contribution in [1.82, 2.24) is 10.4 Å². The van der Waals surface area contributed by atoms with Gasteiger partial charge in [0.25, 0.3) is 5.91 Å². The molecule has 1 aliphatic heterocycles. The van der Waals surface area contributed by atoms with E-state index in [0.29, 0.717) is 18.7 Å². The molecule has 0 radical (unpaired) electrons. The minimum absolute atomic E-state index is 0.0518. The lowest BCUT2D eigenvalue weighted by Gasteiger charge is -2.27. The Morgan fingerprint density at radius 1 is 1.10 bits per heavy atom. The van der Waals surface area contributed by atoms with Gasteiger partial charge in [0.2, 0.25) is 0 Å². The summed E-state index contributed by atoms with van der Waals surface area (Å²) in [5.74, 6) is -0.0123. The monoisotopic (exact) mass is 310 g/mol. The van der Waals surface area contributed by atoms with E-state index in [2.05, 4.69) is 26.2 Å². The van der Waals surface area contributed by atoms with Crippen LogP contribution < -0.4 is 5.43 Å². The first kappa shape index (κ1) is 16.0. The first-order chi connectivity index (χ1) is 9.67. The van der Waals surface area contributed by atoms with Gasteiger partial charge in [-0.05, 0) is 23.1 Å². The smallest absolute Gasteiger partial charge is 0.265 e. The van der Waals surface area contributed by atoms with Crippen molar-refractivity contribution in [2.45, 2.75) is 26.2 Å². The number of nitrogens with one attached hydrogen (secondary N) is 1. The molecular weight excluding hydrogens is 288 g/mol. The van der Waals surface area contributed by atoms with Gasteiger partial charge >= 0.3 is 0 Å². The minimum Gasteiger partial charge on any atom is -0.285 e. The van der Waals surface area contributed by atoms with Crippen molar-refractivity contribution < 1.29 is 13.2 Å². The number of hydrogen-bond acceptors (Lipinski definition) is 4. The summed E-state index contributed by atoms with van der Waals surface area (Å²) in [4.78, 5) is 12.1. The number of sulfone groups is 1. The van der Waals surface area contributed by atoms with Gasteiger partial charge in [0, 0.05) is 18.7 Å². The number of hydrazine groups is 1. The summed E-state index contributed by atoms with van der Waals surface area (Å²) in [7, 11) is -2.93. The molecule has 0 atom stereocenters. The minimum atomic E-state index is -2.93. The third-order valence-electron chi connectivity index (χ3n) is 3.62. The molecule has 0 saturated carbocycles. The van der Waals surface area contributed by atoms with E-state index in [1.165, 1.54) is 5.56 Å². The summed E-state index contributed by atoms with van der Waals surface area (Å²) >= 11 is 0. The van der Waals surface area contributed by atoms with E-state index in [4.69, 9.17) is 0 Å². The van der Waals surface area contributed by atoms with E-state index < -0.39 is 9.84 Å². The molecule has 116 valence electrons. The summed E-state index contributed by atoms with van der Waals surface area (Å²) in [6.07, 6.45) is 0. The average molecular weight is 310 g/mol. The van der Waals surface area contributed by atoms with Crippen LogP contribution in [0, 0.1) is 0 Å². The number of benzene rings is 1. The highest BCUT2D eigenvalue weighted by Gasteiger charge is 2.23. The molecule has 0 aliphatic carbocycles. The Bertz CT molecular complexity index is 601. The number of amides is 1. The quantitative estimate of drug-likeness (QED) is 0.896. The fraction of sp³-hybridized carbons (Fsp3) is 0.533. The van der Waals surface area contributed by atoms with Crippen molar-refractivity contribution in [1.29, 1.82) is 0 Å². The van der Waals surface area contributed by atoms with Gasteiger partial charge in [-0.25, -0.2) is 13.4 Å². The molecule has 1 heterocycles. The number of rotatable bonds is 2. The van der Waals surface area contributed by atoms with Crippen molar-refractivity contribution in [3.05, 3.63) is 35.4 Å². The highest BCUT2D eigenvalue weighted by Crippen LogP contribution is 2.22. The Morgan fingerprint density at radius 3 is 2.10 bits per heavy atom. The molecule has 1 aromatic rings. The van der Waals surface area contributed by atoms with Crippen LogP contribution in [-0.4, -0.2) is 43.9 Å². The fourth-order valence-electron chi connectivity index (χ4n) is 2.15. The second kappa shape index (κ2) is 5.77. The van der Waals surface area contributed by atoms with Crippen molar-refractivity contribution >= 4 is 15.7 Å². The zero-order valence-corrected chi connectivity index (χ0v) is 13.5. The van der Waals surface area contributed by atoms with E-state index in [1.54, 1.807) is 17.1 Å². The fourth-order valence-corrected chi connectivity index (χ4v) is 3.36. The number of carbonyl (C=O) groups excluding carboxylic acids is 1. The zero-order chi connectivity index (χ0) is 15.7. The topological polar surface area (TPSA) is 66.5 Å². The molecule has 6 heteroatoms. The Kier molecular flexibility index (Phi) is 4.39. The van der Waals surface area contributed by atoms with Gasteiger partial charge in [-0.1, -0.05) is 32.9 Å². The maximum Gasteiger partial charge on any atom is 0.265 e. The Morgan fingerprint density at radius 2 is 1.62 bits per heavy atom. The first-order valence-electron chi connectivity index (χ1n) is 7.04. The third kappa shape index (κ3) is 4.28. The Hall–Kier alpha value is -1.40. The summed E-state index contributed by atoms with van der Waals surface area (Å²) in [6.45, 7) is 7.05. The standard InChI is InChI=1S/C15H22N2O3S/c1-15(2,3)13-6-4-12(5-7-13)14(18)16-17-8-10-21(19,20)11-9-17/h4-7H,8-11H2,1-3H3,(H,16,18). The van der Waals surface area contributed by atoms with Crippen LogP contribution in [0.25, 0.3) is 0 Å². The highest BCUT2D eigenvalue weighted by molar-refractivity contribution is 7.91. The van der Waals surface area contributed by atoms with Gasteiger partial charge in [0.1, 0.15) is 0 Å². The largest absolute Gasteiger partial charge is 0.285 e. The van der Waals surface area contributed by atoms with E-state index >= 15 is 0 Å². The molecule has 2 rings (SSSR count). The van der Waals surface area contributed by atoms with Gasteiger partial charge in [0.05, 0.1) is 11.5 Å². The maximum absolute atomic E-state index is 12.1. The van der Waals surface area contributed by atoms with Crippen LogP contribution >= 0.6 is 0 Å². The number of hydrogen-bond donors (Lipinski definition) is 1. The van der Waals surface area contributed by atoms with Crippen molar-refractivity contribution in [2.75, 3.05) is 24.6 Å². The zero-order valence-electron chi connectivity index (χ0n) is 12.7. The summed E-state index contributed by atoms with van der Waals surface area (Å²) in [6, 6.07) is 7.51. The van der Waals surface area contributed by atoms with Gasteiger partial charge in [-0.2, -0.15) is 0 Å². The summed E-state index contributed by atoms with van der Waals surface area (Å²) < 4.78 is 22.7. The lowest BCUT2D eigenvalue weighted by atomic mass is 9.87. The lowest BCUT2D eigenvalue weighted by Crippen LogP contribution is -2.50. The molecule has 1 fully saturated rings. The van der Waals surface area contributed by atoms with E-state index in [-0.39, 0.29) is 22.8 Å². The average Bonchev–Trinajstić information content (AvgIpc) is 2.40. The summed E-state index contributed by atoms with van der Waals surface area (Å²) in [5, 5.41) is 1.67. The maximum atomic E-state index is 12.1. The summed E-state index contributed by atoms with van der Waals surface area (Å²) in [5.41, 5.74) is 4.56. The van der Waals surface area contributed by atoms with E-state index in [9.17, 15) is 13.2 Å². The van der Waals surface area contributed by atoms with Crippen molar-refractivity contribution in [3.63, 3.8) is 0 Å². The number of nitrogens with zero attached hydrogens (tertiary/aromatic N) is 1. The van der Waals surface area contributed by atoms with E-state index in [0.717, 1.165) is 0 Å². The molecule has 0 unspecified atom stereocenters. The molecule has 1 saturated heterocycles. The molecule has 0 bridgehead atoms. The molecule has 1 amide bonds. The van der Waals surface area contributed by atoms with Gasteiger partial charge in [0.15, 0.2) is 9.84 Å². The van der Waals surface area contributed by atoms with Gasteiger partial charge in [-0.3, -0.25) is 10.2 Å². The Labute approximate surface area is 126 Å². The predicted molar refractivity (Wildman–Crippen MR) is 82.8 cm³/mol. The highest BCUT2D eigenvalue weighted by atomic mass is 32.2. The molecule has 1 aromatic carbocycles. The second-order valence-corrected chi connectivity index (χ2v) is 8.71. The van der Waals surface area contributed by atoms with Crippen LogP contribution in [0.1, 0.15) is 36.7 Å². The second-order valence-electron chi connectivity index (χ2n) is 6.41. The Balaban J connectivity index is 1.98. The molecule has 1 N–H and O–H groups in total. The molecule has 1 aliphatic rings. The molecule has 21 heavy (non-hydrogen) atoms. The first-order valence-corrected chi connectivity index (χ1v) is 8.86. The predicted octanol–water partition coefficient (Wildman–Crippen LogP) is 1.36. The van der Waals surface area contributed by atoms with Crippen molar-refractivity contribution in [3.8, 4) is 0 Å². The van der Waals surface area contributed by atoms with Crippen LogP contribution in [0.5, 0.6) is 0 Å². The van der Waals surface area contributed by atoms with Crippen LogP contribution in [0.4, 0.5) is 0 Å².